The average molecular weight is 445 g/mol. The van der Waals surface area contributed by atoms with Gasteiger partial charge in [0, 0.05) is 5.56 Å². The second kappa shape index (κ2) is 11.7. The Morgan fingerprint density at radius 3 is 1.97 bits per heavy atom. The molecule has 0 saturated carbocycles. The summed E-state index contributed by atoms with van der Waals surface area (Å²) in [7, 11) is 0. The molecular weight excluding hydrogens is 416 g/mol. The van der Waals surface area contributed by atoms with Crippen LogP contribution in [0.1, 0.15) is 23.0 Å². The lowest BCUT2D eigenvalue weighted by Crippen LogP contribution is -2.50. The van der Waals surface area contributed by atoms with Crippen molar-refractivity contribution in [3.63, 3.8) is 0 Å². The summed E-state index contributed by atoms with van der Waals surface area (Å²) in [5.41, 5.74) is 2.86. The topological polar surface area (TPSA) is 54.0 Å². The summed E-state index contributed by atoms with van der Waals surface area (Å²) in [5.74, 6) is -0.185. The fourth-order valence-corrected chi connectivity index (χ4v) is 3.72. The summed E-state index contributed by atoms with van der Waals surface area (Å²) < 4.78 is 24.2. The van der Waals surface area contributed by atoms with Crippen molar-refractivity contribution < 1.29 is 23.7 Å². The molecule has 0 aromatic heterocycles. The van der Waals surface area contributed by atoms with Gasteiger partial charge in [0.1, 0.15) is 18.8 Å². The number of Topliss-reactive ketones (excluding diaryl/α,β-unsaturated/α-hetero) is 1. The van der Waals surface area contributed by atoms with Crippen molar-refractivity contribution in [3.8, 4) is 0 Å². The first kappa shape index (κ1) is 23.1. The van der Waals surface area contributed by atoms with Crippen LogP contribution in [0.2, 0.25) is 0 Å². The van der Waals surface area contributed by atoms with E-state index in [0.717, 1.165) is 16.7 Å². The maximum atomic E-state index is 12.9. The summed E-state index contributed by atoms with van der Waals surface area (Å²) in [6, 6.07) is 29.2. The van der Waals surface area contributed by atoms with E-state index in [1.165, 1.54) is 0 Å². The molecule has 1 aliphatic rings. The van der Waals surface area contributed by atoms with Crippen LogP contribution in [0.4, 0.5) is 0 Å². The van der Waals surface area contributed by atoms with Gasteiger partial charge in [-0.2, -0.15) is 0 Å². The standard InChI is InChI=1S/C28H28O5/c1-2-25(30-18-21-12-6-3-7-13-21)27(31-19-22-14-8-4-9-15-22)26-24(29)20-32-28(33-26)23-16-10-5-11-17-23/h2-17,25-28H,1,18-20H2/t25-,26-,27-,28-/m1/s1. The molecule has 4 atom stereocenters. The lowest BCUT2D eigenvalue weighted by Gasteiger charge is -2.36. The highest BCUT2D eigenvalue weighted by Crippen LogP contribution is 2.29. The number of rotatable bonds is 10. The molecule has 0 bridgehead atoms. The van der Waals surface area contributed by atoms with E-state index in [2.05, 4.69) is 6.58 Å². The number of benzene rings is 3. The lowest BCUT2D eigenvalue weighted by molar-refractivity contribution is -0.241. The minimum Gasteiger partial charge on any atom is -0.367 e. The second-order valence-corrected chi connectivity index (χ2v) is 7.83. The molecule has 5 heteroatoms. The molecule has 0 aliphatic carbocycles. The van der Waals surface area contributed by atoms with Crippen molar-refractivity contribution in [1.82, 2.24) is 0 Å². The highest BCUT2D eigenvalue weighted by molar-refractivity contribution is 5.85. The third-order valence-corrected chi connectivity index (χ3v) is 5.46. The fourth-order valence-electron chi connectivity index (χ4n) is 3.72. The predicted molar refractivity (Wildman–Crippen MR) is 125 cm³/mol. The highest BCUT2D eigenvalue weighted by atomic mass is 16.7. The molecule has 0 radical (unpaired) electrons. The molecular formula is C28H28O5. The summed E-state index contributed by atoms with van der Waals surface area (Å²) in [6.45, 7) is 4.56. The van der Waals surface area contributed by atoms with E-state index in [4.69, 9.17) is 18.9 Å². The van der Waals surface area contributed by atoms with Crippen molar-refractivity contribution in [2.75, 3.05) is 6.61 Å². The fraction of sp³-hybridized carbons (Fsp3) is 0.250. The molecule has 0 amide bonds. The number of carbonyl (C=O) groups is 1. The van der Waals surface area contributed by atoms with Crippen LogP contribution in [0.25, 0.3) is 0 Å². The molecule has 1 aliphatic heterocycles. The zero-order chi connectivity index (χ0) is 22.9. The largest absolute Gasteiger partial charge is 0.367 e. The average Bonchev–Trinajstić information content (AvgIpc) is 2.88. The van der Waals surface area contributed by atoms with Gasteiger partial charge in [0.05, 0.1) is 13.2 Å². The van der Waals surface area contributed by atoms with Gasteiger partial charge in [-0.25, -0.2) is 0 Å². The van der Waals surface area contributed by atoms with Crippen molar-refractivity contribution in [2.45, 2.75) is 37.8 Å². The van der Waals surface area contributed by atoms with Crippen LogP contribution in [0, 0.1) is 0 Å². The van der Waals surface area contributed by atoms with Gasteiger partial charge in [0.2, 0.25) is 0 Å². The number of ether oxygens (including phenoxy) is 4. The number of hydrogen-bond acceptors (Lipinski definition) is 5. The lowest BCUT2D eigenvalue weighted by atomic mass is 10.0. The SMILES string of the molecule is C=C[C@@H](OCc1ccccc1)[C@@H](OCc1ccccc1)[C@@H]1O[C@H](c2ccccc2)OCC1=O. The Morgan fingerprint density at radius 2 is 1.39 bits per heavy atom. The minimum atomic E-state index is -0.855. The molecule has 5 nitrogen and oxygen atoms in total. The first-order chi connectivity index (χ1) is 16.2. The van der Waals surface area contributed by atoms with E-state index in [1.54, 1.807) is 6.08 Å². The molecule has 1 heterocycles. The van der Waals surface area contributed by atoms with Crippen molar-refractivity contribution in [1.29, 1.82) is 0 Å². The van der Waals surface area contributed by atoms with E-state index < -0.39 is 24.6 Å². The number of carbonyl (C=O) groups excluding carboxylic acids is 1. The third-order valence-electron chi connectivity index (χ3n) is 5.46. The van der Waals surface area contributed by atoms with Crippen LogP contribution < -0.4 is 0 Å². The Morgan fingerprint density at radius 1 is 0.848 bits per heavy atom. The maximum absolute atomic E-state index is 12.9. The number of hydrogen-bond donors (Lipinski definition) is 0. The molecule has 4 rings (SSSR count). The van der Waals surface area contributed by atoms with Gasteiger partial charge in [0.25, 0.3) is 0 Å². The maximum Gasteiger partial charge on any atom is 0.190 e. The van der Waals surface area contributed by atoms with Gasteiger partial charge < -0.3 is 18.9 Å². The monoisotopic (exact) mass is 444 g/mol. The van der Waals surface area contributed by atoms with Crippen LogP contribution >= 0.6 is 0 Å². The zero-order valence-corrected chi connectivity index (χ0v) is 18.4. The van der Waals surface area contributed by atoms with Gasteiger partial charge in [-0.3, -0.25) is 4.79 Å². The Bertz CT molecular complexity index is 1010. The summed E-state index contributed by atoms with van der Waals surface area (Å²) in [5, 5.41) is 0. The number of ketones is 1. The van der Waals surface area contributed by atoms with E-state index in [0.29, 0.717) is 13.2 Å². The van der Waals surface area contributed by atoms with Crippen LogP contribution in [-0.2, 0) is 37.0 Å². The van der Waals surface area contributed by atoms with Gasteiger partial charge in [-0.05, 0) is 11.1 Å². The van der Waals surface area contributed by atoms with E-state index in [1.807, 2.05) is 91.0 Å². The molecule has 170 valence electrons. The first-order valence-electron chi connectivity index (χ1n) is 11.0. The molecule has 0 unspecified atom stereocenters. The normalized spacial score (nSPS) is 20.2. The molecule has 1 saturated heterocycles. The third kappa shape index (κ3) is 6.24. The Labute approximate surface area is 194 Å². The van der Waals surface area contributed by atoms with E-state index >= 15 is 0 Å². The molecule has 3 aromatic rings. The van der Waals surface area contributed by atoms with Crippen molar-refractivity contribution >= 4 is 5.78 Å². The summed E-state index contributed by atoms with van der Waals surface area (Å²) >= 11 is 0. The van der Waals surface area contributed by atoms with Gasteiger partial charge in [0.15, 0.2) is 18.2 Å². The molecule has 3 aromatic carbocycles. The minimum absolute atomic E-state index is 0.0576. The smallest absolute Gasteiger partial charge is 0.190 e. The van der Waals surface area contributed by atoms with Crippen LogP contribution in [0.3, 0.4) is 0 Å². The Hall–Kier alpha value is -3.09. The van der Waals surface area contributed by atoms with E-state index in [-0.39, 0.29) is 12.4 Å². The molecule has 33 heavy (non-hydrogen) atoms. The quantitative estimate of drug-likeness (QED) is 0.411. The van der Waals surface area contributed by atoms with Crippen molar-refractivity contribution in [3.05, 3.63) is 120 Å². The van der Waals surface area contributed by atoms with Gasteiger partial charge >= 0.3 is 0 Å². The summed E-state index contributed by atoms with van der Waals surface area (Å²) in [6.07, 6.45) is -1.09. The predicted octanol–water partition coefficient (Wildman–Crippen LogP) is 5.03. The van der Waals surface area contributed by atoms with Crippen LogP contribution in [-0.4, -0.2) is 30.7 Å². The summed E-state index contributed by atoms with van der Waals surface area (Å²) in [4.78, 5) is 12.9. The molecule has 0 N–H and O–H groups in total. The Balaban J connectivity index is 1.54. The van der Waals surface area contributed by atoms with Crippen molar-refractivity contribution in [2.24, 2.45) is 0 Å². The van der Waals surface area contributed by atoms with E-state index in [9.17, 15) is 4.79 Å². The molecule has 1 fully saturated rings. The van der Waals surface area contributed by atoms with Gasteiger partial charge in [-0.1, -0.05) is 97.1 Å². The Kier molecular flexibility index (Phi) is 8.17. The van der Waals surface area contributed by atoms with Crippen LogP contribution in [0.5, 0.6) is 0 Å². The van der Waals surface area contributed by atoms with Gasteiger partial charge in [-0.15, -0.1) is 6.58 Å². The highest BCUT2D eigenvalue weighted by Gasteiger charge is 2.41. The zero-order valence-electron chi connectivity index (χ0n) is 18.4. The molecule has 0 spiro atoms. The second-order valence-electron chi connectivity index (χ2n) is 7.83. The first-order valence-corrected chi connectivity index (χ1v) is 11.0. The van der Waals surface area contributed by atoms with Crippen LogP contribution in [0.15, 0.2) is 104 Å².